The Kier molecular flexibility index (Phi) is 6.62. The molecule has 2 amide bonds. The van der Waals surface area contributed by atoms with Crippen LogP contribution in [0.1, 0.15) is 18.1 Å². The fourth-order valence-electron chi connectivity index (χ4n) is 3.31. The topological polar surface area (TPSA) is 90.9 Å². The van der Waals surface area contributed by atoms with Crippen molar-refractivity contribution >= 4 is 29.1 Å². The highest BCUT2D eigenvalue weighted by Gasteiger charge is 2.26. The lowest BCUT2D eigenvalue weighted by Crippen LogP contribution is -2.36. The van der Waals surface area contributed by atoms with Crippen molar-refractivity contribution in [2.45, 2.75) is 19.8 Å². The summed E-state index contributed by atoms with van der Waals surface area (Å²) in [6.45, 7) is 2.44. The SMILES string of the molecule is CCOC(=O)Nc1ccc2c(c1)N(C(=O)CNCCO)c1ccccc1CC2. The van der Waals surface area contributed by atoms with Crippen molar-refractivity contribution in [3.8, 4) is 0 Å². The minimum atomic E-state index is -0.529. The van der Waals surface area contributed by atoms with Crippen LogP contribution in [0.3, 0.4) is 0 Å². The molecule has 2 aromatic rings. The Morgan fingerprint density at radius 3 is 2.61 bits per heavy atom. The Balaban J connectivity index is 1.98. The molecule has 3 N–H and O–H groups in total. The van der Waals surface area contributed by atoms with Crippen LogP contribution in [0.15, 0.2) is 42.5 Å². The highest BCUT2D eigenvalue weighted by Crippen LogP contribution is 2.37. The average molecular weight is 383 g/mol. The molecule has 0 unspecified atom stereocenters. The fraction of sp³-hybridized carbons (Fsp3) is 0.333. The maximum Gasteiger partial charge on any atom is 0.411 e. The molecular weight excluding hydrogens is 358 g/mol. The van der Waals surface area contributed by atoms with E-state index in [0.717, 1.165) is 35.3 Å². The lowest BCUT2D eigenvalue weighted by atomic mass is 10.0. The summed E-state index contributed by atoms with van der Waals surface area (Å²) in [5, 5.41) is 14.6. The first-order valence-electron chi connectivity index (χ1n) is 9.43. The molecule has 3 rings (SSSR count). The van der Waals surface area contributed by atoms with E-state index in [-0.39, 0.29) is 25.7 Å². The number of anilines is 3. The Hall–Kier alpha value is -2.90. The van der Waals surface area contributed by atoms with Crippen molar-refractivity contribution in [1.82, 2.24) is 5.32 Å². The van der Waals surface area contributed by atoms with Crippen LogP contribution in [0.5, 0.6) is 0 Å². The zero-order valence-corrected chi connectivity index (χ0v) is 15.9. The van der Waals surface area contributed by atoms with Gasteiger partial charge in [0.15, 0.2) is 0 Å². The number of aliphatic hydroxyl groups excluding tert-OH is 1. The van der Waals surface area contributed by atoms with Gasteiger partial charge in [0.05, 0.1) is 31.1 Å². The third-order valence-corrected chi connectivity index (χ3v) is 4.56. The summed E-state index contributed by atoms with van der Waals surface area (Å²) in [6, 6.07) is 13.4. The number of aryl methyl sites for hydroxylation is 2. The molecule has 0 saturated carbocycles. The normalized spacial score (nSPS) is 12.6. The van der Waals surface area contributed by atoms with Gasteiger partial charge in [-0.25, -0.2) is 4.79 Å². The molecule has 0 radical (unpaired) electrons. The second-order valence-electron chi connectivity index (χ2n) is 6.45. The summed E-state index contributed by atoms with van der Waals surface area (Å²) in [5.74, 6) is -0.127. The first-order valence-corrected chi connectivity index (χ1v) is 9.43. The van der Waals surface area contributed by atoms with E-state index in [1.54, 1.807) is 17.9 Å². The molecule has 1 aliphatic rings. The van der Waals surface area contributed by atoms with Gasteiger partial charge in [-0.05, 0) is 49.1 Å². The number of fused-ring (bicyclic) bond motifs is 2. The molecule has 1 aliphatic heterocycles. The van der Waals surface area contributed by atoms with Gasteiger partial charge in [0, 0.05) is 12.2 Å². The van der Waals surface area contributed by atoms with Crippen molar-refractivity contribution in [3.05, 3.63) is 53.6 Å². The van der Waals surface area contributed by atoms with Crippen LogP contribution in [0.4, 0.5) is 21.9 Å². The molecule has 0 spiro atoms. The van der Waals surface area contributed by atoms with Crippen LogP contribution in [-0.4, -0.2) is 43.4 Å². The third-order valence-electron chi connectivity index (χ3n) is 4.56. The van der Waals surface area contributed by atoms with Crippen LogP contribution >= 0.6 is 0 Å². The van der Waals surface area contributed by atoms with E-state index in [9.17, 15) is 9.59 Å². The quantitative estimate of drug-likeness (QED) is 0.667. The molecule has 148 valence electrons. The van der Waals surface area contributed by atoms with Crippen LogP contribution in [-0.2, 0) is 22.4 Å². The zero-order chi connectivity index (χ0) is 19.9. The number of aliphatic hydroxyl groups is 1. The van der Waals surface area contributed by atoms with Crippen LogP contribution in [0, 0.1) is 0 Å². The molecule has 28 heavy (non-hydrogen) atoms. The number of amides is 2. The van der Waals surface area contributed by atoms with Gasteiger partial charge in [0.2, 0.25) is 5.91 Å². The van der Waals surface area contributed by atoms with Gasteiger partial charge in [-0.15, -0.1) is 0 Å². The molecule has 0 saturated heterocycles. The second-order valence-corrected chi connectivity index (χ2v) is 6.45. The second kappa shape index (κ2) is 9.34. The summed E-state index contributed by atoms with van der Waals surface area (Å²) in [7, 11) is 0. The van der Waals surface area contributed by atoms with Crippen molar-refractivity contribution in [3.63, 3.8) is 0 Å². The summed E-state index contributed by atoms with van der Waals surface area (Å²) in [4.78, 5) is 26.5. The molecule has 0 atom stereocenters. The Labute approximate surface area is 164 Å². The monoisotopic (exact) mass is 383 g/mol. The van der Waals surface area contributed by atoms with E-state index in [0.29, 0.717) is 12.2 Å². The van der Waals surface area contributed by atoms with Crippen molar-refractivity contribution in [2.75, 3.05) is 36.5 Å². The summed E-state index contributed by atoms with van der Waals surface area (Å²) < 4.78 is 4.95. The summed E-state index contributed by atoms with van der Waals surface area (Å²) in [6.07, 6.45) is 1.08. The lowest BCUT2D eigenvalue weighted by molar-refractivity contribution is -0.117. The summed E-state index contributed by atoms with van der Waals surface area (Å²) in [5.41, 5.74) is 4.27. The number of nitrogens with zero attached hydrogens (tertiary/aromatic N) is 1. The molecule has 7 heteroatoms. The number of nitrogens with one attached hydrogen (secondary N) is 2. The van der Waals surface area contributed by atoms with Crippen LogP contribution in [0.2, 0.25) is 0 Å². The highest BCUT2D eigenvalue weighted by atomic mass is 16.5. The number of para-hydroxylation sites is 1. The third kappa shape index (κ3) is 4.49. The van der Waals surface area contributed by atoms with Gasteiger partial charge in [0.1, 0.15) is 0 Å². The smallest absolute Gasteiger partial charge is 0.411 e. The Morgan fingerprint density at radius 2 is 1.86 bits per heavy atom. The molecule has 0 aliphatic carbocycles. The van der Waals surface area contributed by atoms with Gasteiger partial charge in [0.25, 0.3) is 0 Å². The van der Waals surface area contributed by atoms with E-state index in [2.05, 4.69) is 10.6 Å². The molecule has 0 bridgehead atoms. The van der Waals surface area contributed by atoms with E-state index in [1.807, 2.05) is 36.4 Å². The molecule has 7 nitrogen and oxygen atoms in total. The predicted molar refractivity (Wildman–Crippen MR) is 108 cm³/mol. The molecule has 2 aromatic carbocycles. The number of rotatable bonds is 6. The van der Waals surface area contributed by atoms with Crippen molar-refractivity contribution in [2.24, 2.45) is 0 Å². The van der Waals surface area contributed by atoms with E-state index >= 15 is 0 Å². The number of ether oxygens (including phenoxy) is 1. The number of carbonyl (C=O) groups excluding carboxylic acids is 2. The first kappa shape index (κ1) is 19.9. The Bertz CT molecular complexity index is 853. The number of carbonyl (C=O) groups is 2. The average Bonchev–Trinajstić information content (AvgIpc) is 2.85. The highest BCUT2D eigenvalue weighted by molar-refractivity contribution is 6.04. The van der Waals surface area contributed by atoms with Gasteiger partial charge in [-0.3, -0.25) is 15.0 Å². The minimum Gasteiger partial charge on any atom is -0.450 e. The van der Waals surface area contributed by atoms with Gasteiger partial charge in [-0.2, -0.15) is 0 Å². The van der Waals surface area contributed by atoms with Gasteiger partial charge in [-0.1, -0.05) is 24.3 Å². The lowest BCUT2D eigenvalue weighted by Gasteiger charge is -2.26. The number of hydrogen-bond donors (Lipinski definition) is 3. The van der Waals surface area contributed by atoms with E-state index in [1.165, 1.54) is 0 Å². The van der Waals surface area contributed by atoms with E-state index in [4.69, 9.17) is 9.84 Å². The Morgan fingerprint density at radius 1 is 1.11 bits per heavy atom. The zero-order valence-electron chi connectivity index (χ0n) is 15.9. The predicted octanol–water partition coefficient (Wildman–Crippen LogP) is 2.60. The maximum absolute atomic E-state index is 13.1. The number of benzene rings is 2. The van der Waals surface area contributed by atoms with Crippen molar-refractivity contribution in [1.29, 1.82) is 0 Å². The van der Waals surface area contributed by atoms with Gasteiger partial charge < -0.3 is 15.2 Å². The molecule has 1 heterocycles. The minimum absolute atomic E-state index is 0.0337. The summed E-state index contributed by atoms with van der Waals surface area (Å²) >= 11 is 0. The van der Waals surface area contributed by atoms with Crippen LogP contribution < -0.4 is 15.5 Å². The van der Waals surface area contributed by atoms with Crippen molar-refractivity contribution < 1.29 is 19.4 Å². The molecule has 0 fully saturated rings. The van der Waals surface area contributed by atoms with Crippen LogP contribution in [0.25, 0.3) is 0 Å². The molecule has 0 aromatic heterocycles. The number of hydrogen-bond acceptors (Lipinski definition) is 5. The fourth-order valence-corrected chi connectivity index (χ4v) is 3.31. The molecular formula is C21H25N3O4. The van der Waals surface area contributed by atoms with E-state index < -0.39 is 6.09 Å². The maximum atomic E-state index is 13.1. The van der Waals surface area contributed by atoms with Gasteiger partial charge >= 0.3 is 6.09 Å². The largest absolute Gasteiger partial charge is 0.450 e. The standard InChI is InChI=1S/C21H25N3O4/c1-2-28-21(27)23-17-10-9-16-8-7-15-5-3-4-6-18(15)24(19(16)13-17)20(26)14-22-11-12-25/h3-6,9-10,13,22,25H,2,7-8,11-12,14H2,1H3,(H,23,27). The first-order chi connectivity index (χ1) is 13.6.